The number of carbonyl (C=O) groups is 2. The summed E-state index contributed by atoms with van der Waals surface area (Å²) in [7, 11) is 1.74. The van der Waals surface area contributed by atoms with Crippen LogP contribution in [-0.4, -0.2) is 58.8 Å². The molecule has 1 saturated heterocycles. The Balaban J connectivity index is 2.29. The second kappa shape index (κ2) is 8.08. The van der Waals surface area contributed by atoms with Gasteiger partial charge in [0.2, 0.25) is 5.91 Å². The standard InChI is InChI=1S/C19H26ClN3O3/c1-13(22(3)14(2)24)12-17(21)19(15-4-6-16(20)7-5-15)8-10-23(11-9-19)18(25)26/h4-7,13,21H,8-12H2,1-3H3,(H,25,26). The van der Waals surface area contributed by atoms with Crippen LogP contribution in [0.15, 0.2) is 24.3 Å². The van der Waals surface area contributed by atoms with E-state index in [1.165, 1.54) is 11.8 Å². The maximum Gasteiger partial charge on any atom is 0.407 e. The minimum absolute atomic E-state index is 0.0356. The molecule has 0 spiro atoms. The van der Waals surface area contributed by atoms with Crippen LogP contribution >= 0.6 is 11.6 Å². The zero-order chi connectivity index (χ0) is 19.5. The van der Waals surface area contributed by atoms with Crippen molar-refractivity contribution in [1.29, 1.82) is 5.41 Å². The van der Waals surface area contributed by atoms with Crippen LogP contribution in [0, 0.1) is 5.41 Å². The number of carbonyl (C=O) groups excluding carboxylic acids is 1. The molecule has 2 rings (SSSR count). The lowest BCUT2D eigenvalue weighted by Gasteiger charge is -2.43. The fourth-order valence-corrected chi connectivity index (χ4v) is 3.68. The minimum Gasteiger partial charge on any atom is -0.465 e. The summed E-state index contributed by atoms with van der Waals surface area (Å²) in [5.41, 5.74) is 0.989. The molecule has 0 aliphatic carbocycles. The van der Waals surface area contributed by atoms with Gasteiger partial charge in [-0.1, -0.05) is 23.7 Å². The average Bonchev–Trinajstić information content (AvgIpc) is 2.61. The van der Waals surface area contributed by atoms with Gasteiger partial charge in [-0.05, 0) is 37.5 Å². The summed E-state index contributed by atoms with van der Waals surface area (Å²) in [5, 5.41) is 18.7. The number of benzene rings is 1. The predicted octanol–water partition coefficient (Wildman–Crippen LogP) is 3.63. The Hall–Kier alpha value is -2.08. The van der Waals surface area contributed by atoms with Gasteiger partial charge in [-0.25, -0.2) is 4.79 Å². The summed E-state index contributed by atoms with van der Waals surface area (Å²) in [6.45, 7) is 4.22. The van der Waals surface area contributed by atoms with Gasteiger partial charge in [-0.15, -0.1) is 0 Å². The molecule has 0 radical (unpaired) electrons. The molecule has 0 bridgehead atoms. The van der Waals surface area contributed by atoms with Gasteiger partial charge in [0.15, 0.2) is 0 Å². The van der Waals surface area contributed by atoms with Gasteiger partial charge in [0.25, 0.3) is 0 Å². The number of halogens is 1. The molecule has 0 aromatic heterocycles. The Morgan fingerprint density at radius 2 is 1.85 bits per heavy atom. The van der Waals surface area contributed by atoms with E-state index in [2.05, 4.69) is 0 Å². The van der Waals surface area contributed by atoms with E-state index in [1.807, 2.05) is 19.1 Å². The van der Waals surface area contributed by atoms with Crippen LogP contribution in [0.1, 0.15) is 38.7 Å². The molecule has 2 amide bonds. The highest BCUT2D eigenvalue weighted by molar-refractivity contribution is 6.30. The van der Waals surface area contributed by atoms with E-state index in [1.54, 1.807) is 24.1 Å². The summed E-state index contributed by atoms with van der Waals surface area (Å²) in [4.78, 5) is 25.9. The predicted molar refractivity (Wildman–Crippen MR) is 102 cm³/mol. The van der Waals surface area contributed by atoms with E-state index in [0.717, 1.165) is 5.56 Å². The SMILES string of the molecule is CC(=O)N(C)C(C)CC(=N)C1(c2ccc(Cl)cc2)CCN(C(=O)O)CC1. The first kappa shape index (κ1) is 20.2. The van der Waals surface area contributed by atoms with Crippen molar-refractivity contribution in [2.45, 2.75) is 44.6 Å². The van der Waals surface area contributed by atoms with Gasteiger partial charge in [0, 0.05) is 55.7 Å². The van der Waals surface area contributed by atoms with Crippen LogP contribution in [0.25, 0.3) is 0 Å². The van der Waals surface area contributed by atoms with Crippen molar-refractivity contribution in [2.24, 2.45) is 0 Å². The molecule has 1 aliphatic rings. The van der Waals surface area contributed by atoms with Gasteiger partial charge < -0.3 is 20.3 Å². The van der Waals surface area contributed by atoms with Gasteiger partial charge in [0.1, 0.15) is 0 Å². The molecule has 7 heteroatoms. The van der Waals surface area contributed by atoms with E-state index in [0.29, 0.717) is 43.1 Å². The topological polar surface area (TPSA) is 84.7 Å². The van der Waals surface area contributed by atoms with E-state index < -0.39 is 11.5 Å². The van der Waals surface area contributed by atoms with Crippen molar-refractivity contribution in [3.05, 3.63) is 34.9 Å². The minimum atomic E-state index is -0.925. The summed E-state index contributed by atoms with van der Waals surface area (Å²) < 4.78 is 0. The zero-order valence-electron chi connectivity index (χ0n) is 15.5. The van der Waals surface area contributed by atoms with Crippen LogP contribution in [0.4, 0.5) is 4.79 Å². The molecule has 1 fully saturated rings. The van der Waals surface area contributed by atoms with Crippen molar-refractivity contribution < 1.29 is 14.7 Å². The Morgan fingerprint density at radius 3 is 2.31 bits per heavy atom. The number of hydrogen-bond acceptors (Lipinski definition) is 3. The molecule has 1 unspecified atom stereocenters. The smallest absolute Gasteiger partial charge is 0.407 e. The number of carboxylic acid groups (broad SMARTS) is 1. The van der Waals surface area contributed by atoms with Crippen LogP contribution in [-0.2, 0) is 10.2 Å². The molecule has 2 N–H and O–H groups in total. The number of rotatable bonds is 5. The number of hydrogen-bond donors (Lipinski definition) is 2. The first-order valence-corrected chi connectivity index (χ1v) is 9.10. The molecule has 0 saturated carbocycles. The zero-order valence-corrected chi connectivity index (χ0v) is 16.2. The maximum atomic E-state index is 11.6. The molecule has 1 heterocycles. The van der Waals surface area contributed by atoms with E-state index in [4.69, 9.17) is 17.0 Å². The van der Waals surface area contributed by atoms with Crippen LogP contribution in [0.2, 0.25) is 5.02 Å². The molecule has 1 aliphatic heterocycles. The van der Waals surface area contributed by atoms with Gasteiger partial charge in [-0.3, -0.25) is 4.79 Å². The molecule has 26 heavy (non-hydrogen) atoms. The van der Waals surface area contributed by atoms with Gasteiger partial charge >= 0.3 is 6.09 Å². The maximum absolute atomic E-state index is 11.6. The Morgan fingerprint density at radius 1 is 1.31 bits per heavy atom. The number of likely N-dealkylation sites (tertiary alicyclic amines) is 1. The van der Waals surface area contributed by atoms with E-state index in [-0.39, 0.29) is 11.9 Å². The van der Waals surface area contributed by atoms with Crippen molar-refractivity contribution in [2.75, 3.05) is 20.1 Å². The Bertz CT molecular complexity index is 682. The van der Waals surface area contributed by atoms with Crippen molar-refractivity contribution in [3.8, 4) is 0 Å². The van der Waals surface area contributed by atoms with E-state index >= 15 is 0 Å². The highest BCUT2D eigenvalue weighted by Crippen LogP contribution is 2.38. The number of amides is 2. The fourth-order valence-electron chi connectivity index (χ4n) is 3.55. The largest absolute Gasteiger partial charge is 0.465 e. The van der Waals surface area contributed by atoms with Gasteiger partial charge in [-0.2, -0.15) is 0 Å². The molecule has 1 aromatic carbocycles. The second-order valence-corrected chi connectivity index (χ2v) is 7.46. The lowest BCUT2D eigenvalue weighted by molar-refractivity contribution is -0.129. The molecular formula is C19H26ClN3O3. The Labute approximate surface area is 159 Å². The van der Waals surface area contributed by atoms with Crippen LogP contribution in [0.3, 0.4) is 0 Å². The first-order valence-electron chi connectivity index (χ1n) is 8.72. The third-order valence-electron chi connectivity index (χ3n) is 5.52. The van der Waals surface area contributed by atoms with Crippen molar-refractivity contribution in [3.63, 3.8) is 0 Å². The third kappa shape index (κ3) is 4.18. The van der Waals surface area contributed by atoms with Crippen LogP contribution < -0.4 is 0 Å². The quantitative estimate of drug-likeness (QED) is 0.766. The number of nitrogens with one attached hydrogen (secondary N) is 1. The summed E-state index contributed by atoms with van der Waals surface area (Å²) in [6, 6.07) is 7.36. The summed E-state index contributed by atoms with van der Waals surface area (Å²) in [6.07, 6.45) is 0.629. The van der Waals surface area contributed by atoms with Crippen molar-refractivity contribution in [1.82, 2.24) is 9.80 Å². The highest BCUT2D eigenvalue weighted by atomic mass is 35.5. The third-order valence-corrected chi connectivity index (χ3v) is 5.77. The summed E-state index contributed by atoms with van der Waals surface area (Å²) >= 11 is 6.02. The molecule has 1 atom stereocenters. The van der Waals surface area contributed by atoms with E-state index in [9.17, 15) is 14.7 Å². The van der Waals surface area contributed by atoms with Crippen LogP contribution in [0.5, 0.6) is 0 Å². The number of nitrogens with zero attached hydrogens (tertiary/aromatic N) is 2. The lowest BCUT2D eigenvalue weighted by atomic mass is 9.68. The Kier molecular flexibility index (Phi) is 6.29. The molecule has 142 valence electrons. The summed E-state index contributed by atoms with van der Waals surface area (Å²) in [5.74, 6) is -0.0356. The monoisotopic (exact) mass is 379 g/mol. The van der Waals surface area contributed by atoms with Gasteiger partial charge in [0.05, 0.1) is 0 Å². The number of piperidine rings is 1. The average molecular weight is 380 g/mol. The lowest BCUT2D eigenvalue weighted by Crippen LogP contribution is -2.50. The molecule has 6 nitrogen and oxygen atoms in total. The normalized spacial score (nSPS) is 17.5. The fraction of sp³-hybridized carbons (Fsp3) is 0.526. The molecular weight excluding hydrogens is 354 g/mol. The first-order chi connectivity index (χ1) is 12.2. The second-order valence-electron chi connectivity index (χ2n) is 7.02. The van der Waals surface area contributed by atoms with Crippen molar-refractivity contribution >= 4 is 29.3 Å². The molecule has 1 aromatic rings. The highest BCUT2D eigenvalue weighted by Gasteiger charge is 2.41.